The summed E-state index contributed by atoms with van der Waals surface area (Å²) in [6.07, 6.45) is -5.34. The largest absolute Gasteiger partial charge is 0.394 e. The number of hydrogen-bond donors (Lipinski definition) is 4. The zero-order valence-electron chi connectivity index (χ0n) is 13.7. The molecule has 1 heterocycles. The van der Waals surface area contributed by atoms with Gasteiger partial charge in [-0.3, -0.25) is 4.79 Å². The first-order chi connectivity index (χ1) is 10.6. The molecule has 7 nitrogen and oxygen atoms in total. The van der Waals surface area contributed by atoms with Gasteiger partial charge in [0, 0.05) is 5.41 Å². The Balaban J connectivity index is 1.81. The maximum atomic E-state index is 12.7. The van der Waals surface area contributed by atoms with Crippen molar-refractivity contribution in [3.8, 4) is 0 Å². The van der Waals surface area contributed by atoms with Gasteiger partial charge in [0.2, 0.25) is 0 Å². The molecular formula is C16H26O7. The summed E-state index contributed by atoms with van der Waals surface area (Å²) in [5, 5.41) is 39.1. The number of Topliss-reactive ketones (excluding diaryl/α,β-unsaturated/α-hetero) is 1. The van der Waals surface area contributed by atoms with E-state index in [9.17, 15) is 25.2 Å². The molecule has 3 rings (SSSR count). The average molecular weight is 330 g/mol. The zero-order valence-corrected chi connectivity index (χ0v) is 13.7. The minimum Gasteiger partial charge on any atom is -0.394 e. The molecule has 0 spiro atoms. The van der Waals surface area contributed by atoms with Crippen molar-refractivity contribution in [2.45, 2.75) is 70.4 Å². The molecule has 0 aromatic rings. The molecule has 2 aliphatic carbocycles. The van der Waals surface area contributed by atoms with Crippen LogP contribution in [0.2, 0.25) is 0 Å². The van der Waals surface area contributed by atoms with Crippen LogP contribution in [-0.2, 0) is 14.3 Å². The summed E-state index contributed by atoms with van der Waals surface area (Å²) in [5.74, 6) is 0.170. The van der Waals surface area contributed by atoms with E-state index in [2.05, 4.69) is 0 Å². The molecule has 3 aliphatic rings. The fourth-order valence-electron chi connectivity index (χ4n) is 4.65. The van der Waals surface area contributed by atoms with Crippen molar-refractivity contribution < 1.29 is 34.7 Å². The Labute approximate surface area is 135 Å². The van der Waals surface area contributed by atoms with Gasteiger partial charge in [0.25, 0.3) is 0 Å². The molecular weight excluding hydrogens is 304 g/mol. The molecule has 23 heavy (non-hydrogen) atoms. The molecule has 0 aromatic carbocycles. The molecule has 132 valence electrons. The maximum absolute atomic E-state index is 12.7. The van der Waals surface area contributed by atoms with Gasteiger partial charge in [0.1, 0.15) is 30.2 Å². The number of ether oxygens (including phenoxy) is 2. The number of carbonyl (C=O) groups is 1. The minimum atomic E-state index is -1.47. The van der Waals surface area contributed by atoms with Crippen molar-refractivity contribution in [2.24, 2.45) is 16.7 Å². The molecule has 8 atom stereocenters. The van der Waals surface area contributed by atoms with E-state index in [1.54, 1.807) is 0 Å². The van der Waals surface area contributed by atoms with Crippen LogP contribution in [0.3, 0.4) is 0 Å². The zero-order chi connectivity index (χ0) is 17.2. The van der Waals surface area contributed by atoms with Crippen molar-refractivity contribution in [3.63, 3.8) is 0 Å². The van der Waals surface area contributed by atoms with Crippen LogP contribution in [-0.4, -0.2) is 69.6 Å². The highest BCUT2D eigenvalue weighted by atomic mass is 16.7. The van der Waals surface area contributed by atoms with Crippen molar-refractivity contribution in [1.29, 1.82) is 0 Å². The predicted octanol–water partition coefficient (Wildman–Crippen LogP) is -0.803. The molecule has 0 amide bonds. The van der Waals surface area contributed by atoms with Crippen molar-refractivity contribution >= 4 is 5.78 Å². The lowest BCUT2D eigenvalue weighted by Gasteiger charge is -2.41. The fraction of sp³-hybridized carbons (Fsp3) is 0.938. The highest BCUT2D eigenvalue weighted by Gasteiger charge is 2.67. The van der Waals surface area contributed by atoms with Crippen LogP contribution in [0.15, 0.2) is 0 Å². The number of aliphatic hydroxyl groups is 4. The second-order valence-electron chi connectivity index (χ2n) is 7.87. The second-order valence-corrected chi connectivity index (χ2v) is 7.87. The molecule has 4 N–H and O–H groups in total. The van der Waals surface area contributed by atoms with Gasteiger partial charge in [0.05, 0.1) is 18.1 Å². The van der Waals surface area contributed by atoms with Gasteiger partial charge in [-0.05, 0) is 18.8 Å². The first-order valence-electron chi connectivity index (χ1n) is 8.15. The molecule has 1 unspecified atom stereocenters. The lowest BCUT2D eigenvalue weighted by molar-refractivity contribution is -0.317. The molecule has 0 aromatic heterocycles. The monoisotopic (exact) mass is 330 g/mol. The number of aliphatic hydroxyl groups excluding tert-OH is 4. The van der Waals surface area contributed by atoms with E-state index < -0.39 is 54.2 Å². The Morgan fingerprint density at radius 2 is 1.83 bits per heavy atom. The van der Waals surface area contributed by atoms with Crippen molar-refractivity contribution in [2.75, 3.05) is 6.61 Å². The number of fused-ring (bicyclic) bond motifs is 2. The summed E-state index contributed by atoms with van der Waals surface area (Å²) in [5.41, 5.74) is -1.13. The summed E-state index contributed by atoms with van der Waals surface area (Å²) >= 11 is 0. The predicted molar refractivity (Wildman–Crippen MR) is 78.3 cm³/mol. The number of rotatable bonds is 3. The molecule has 3 fully saturated rings. The van der Waals surface area contributed by atoms with E-state index in [1.165, 1.54) is 0 Å². The van der Waals surface area contributed by atoms with Gasteiger partial charge in [0.15, 0.2) is 6.29 Å². The minimum absolute atomic E-state index is 0.0207. The van der Waals surface area contributed by atoms with Crippen molar-refractivity contribution in [1.82, 2.24) is 0 Å². The third-order valence-corrected chi connectivity index (χ3v) is 6.13. The van der Waals surface area contributed by atoms with E-state index >= 15 is 0 Å². The van der Waals surface area contributed by atoms with Crippen LogP contribution in [0.1, 0.15) is 33.6 Å². The lowest BCUT2D eigenvalue weighted by Crippen LogP contribution is -2.60. The quantitative estimate of drug-likeness (QED) is 0.535. The Morgan fingerprint density at radius 3 is 2.35 bits per heavy atom. The van der Waals surface area contributed by atoms with E-state index in [0.717, 1.165) is 12.8 Å². The fourth-order valence-corrected chi connectivity index (χ4v) is 4.65. The SMILES string of the molecule is CC1(C)C(=O)[C@@]2(C)CC[C@@H]1C2O[C@@H]1O[C@H](CO)[C@@H](O)[C@H](O)[C@H]1O. The Kier molecular flexibility index (Phi) is 4.11. The molecule has 1 saturated heterocycles. The van der Waals surface area contributed by atoms with Gasteiger partial charge in [-0.15, -0.1) is 0 Å². The Morgan fingerprint density at radius 1 is 1.17 bits per heavy atom. The summed E-state index contributed by atoms with van der Waals surface area (Å²) in [6.45, 7) is 5.20. The van der Waals surface area contributed by atoms with Gasteiger partial charge in [-0.2, -0.15) is 0 Å². The third-order valence-electron chi connectivity index (χ3n) is 6.13. The number of hydrogen-bond acceptors (Lipinski definition) is 7. The van der Waals surface area contributed by atoms with Gasteiger partial charge in [-0.25, -0.2) is 0 Å². The van der Waals surface area contributed by atoms with E-state index in [0.29, 0.717) is 0 Å². The van der Waals surface area contributed by atoms with E-state index in [1.807, 2.05) is 20.8 Å². The topological polar surface area (TPSA) is 116 Å². The van der Waals surface area contributed by atoms with Crippen LogP contribution in [0.4, 0.5) is 0 Å². The molecule has 1 aliphatic heterocycles. The smallest absolute Gasteiger partial charge is 0.187 e. The lowest BCUT2D eigenvalue weighted by atomic mass is 9.72. The van der Waals surface area contributed by atoms with Crippen LogP contribution < -0.4 is 0 Å². The number of carbonyl (C=O) groups excluding carboxylic acids is 1. The molecule has 2 saturated carbocycles. The van der Waals surface area contributed by atoms with Gasteiger partial charge in [-0.1, -0.05) is 20.8 Å². The van der Waals surface area contributed by atoms with Gasteiger partial charge >= 0.3 is 0 Å². The Hall–Kier alpha value is -0.570. The summed E-state index contributed by atoms with van der Waals surface area (Å²) in [4.78, 5) is 12.7. The molecule has 7 heteroatoms. The third kappa shape index (κ3) is 2.29. The van der Waals surface area contributed by atoms with E-state index in [4.69, 9.17) is 9.47 Å². The van der Waals surface area contributed by atoms with Crippen LogP contribution in [0.25, 0.3) is 0 Å². The standard InChI is InChI=1S/C16H26O7/c1-15(2)7-4-5-16(3,14(15)21)12(7)23-13-11(20)10(19)9(18)8(6-17)22-13/h7-13,17-20H,4-6H2,1-3H3/t7-,8-,9-,10+,11-,12?,13+,16+/m1/s1. The highest BCUT2D eigenvalue weighted by Crippen LogP contribution is 2.61. The normalized spacial score (nSPS) is 52.1. The van der Waals surface area contributed by atoms with Gasteiger partial charge < -0.3 is 29.9 Å². The van der Waals surface area contributed by atoms with Crippen LogP contribution in [0.5, 0.6) is 0 Å². The molecule has 0 radical (unpaired) electrons. The van der Waals surface area contributed by atoms with Crippen LogP contribution in [0, 0.1) is 16.7 Å². The maximum Gasteiger partial charge on any atom is 0.187 e. The Bertz CT molecular complexity index is 491. The second kappa shape index (κ2) is 5.47. The number of ketones is 1. The first kappa shape index (κ1) is 17.3. The molecule has 2 bridgehead atoms. The average Bonchev–Trinajstić information content (AvgIpc) is 2.90. The van der Waals surface area contributed by atoms with Crippen molar-refractivity contribution in [3.05, 3.63) is 0 Å². The van der Waals surface area contributed by atoms with Crippen LogP contribution >= 0.6 is 0 Å². The first-order valence-corrected chi connectivity index (χ1v) is 8.15. The summed E-state index contributed by atoms with van der Waals surface area (Å²) in [6, 6.07) is 0. The van der Waals surface area contributed by atoms with E-state index in [-0.39, 0.29) is 11.7 Å². The summed E-state index contributed by atoms with van der Waals surface area (Å²) in [7, 11) is 0. The summed E-state index contributed by atoms with van der Waals surface area (Å²) < 4.78 is 11.4. The highest BCUT2D eigenvalue weighted by molar-refractivity contribution is 5.94.